The highest BCUT2D eigenvalue weighted by Gasteiger charge is 2.64. The summed E-state index contributed by atoms with van der Waals surface area (Å²) in [5, 5.41) is 22.9. The molecule has 7 nitrogen and oxygen atoms in total. The van der Waals surface area contributed by atoms with E-state index in [4.69, 9.17) is 4.52 Å². The van der Waals surface area contributed by atoms with Gasteiger partial charge in [-0.2, -0.15) is 10.2 Å². The number of carbonyl (C=O) groups is 1. The second-order valence-corrected chi connectivity index (χ2v) is 11.0. The van der Waals surface area contributed by atoms with E-state index in [-0.39, 0.29) is 40.0 Å². The van der Waals surface area contributed by atoms with Gasteiger partial charge in [-0.3, -0.25) is 4.79 Å². The number of rotatable bonds is 6. The van der Waals surface area contributed by atoms with Crippen LogP contribution in [0.1, 0.15) is 80.9 Å². The van der Waals surface area contributed by atoms with Crippen molar-refractivity contribution in [2.24, 2.45) is 5.41 Å². The predicted octanol–water partition coefficient (Wildman–Crippen LogP) is 4.95. The van der Waals surface area contributed by atoms with Crippen LogP contribution < -0.4 is 0 Å². The predicted molar refractivity (Wildman–Crippen MR) is 128 cm³/mol. The summed E-state index contributed by atoms with van der Waals surface area (Å²) in [5.74, 6) is -1.31. The van der Waals surface area contributed by atoms with Crippen molar-refractivity contribution in [1.29, 1.82) is 0 Å². The lowest BCUT2D eigenvalue weighted by Crippen LogP contribution is -2.48. The van der Waals surface area contributed by atoms with Crippen molar-refractivity contribution in [2.75, 3.05) is 13.1 Å². The van der Waals surface area contributed by atoms with Crippen molar-refractivity contribution in [3.05, 3.63) is 64.7 Å². The van der Waals surface area contributed by atoms with Crippen LogP contribution in [0.25, 0.3) is 11.3 Å². The smallest absolute Gasteiger partial charge is 0.276 e. The Bertz CT molecular complexity index is 1330. The lowest BCUT2D eigenvalue weighted by molar-refractivity contribution is 0.0471. The molecule has 2 aliphatic carbocycles. The number of aliphatic hydroxyl groups is 1. The normalized spacial score (nSPS) is 22.1. The van der Waals surface area contributed by atoms with Crippen molar-refractivity contribution in [3.63, 3.8) is 0 Å². The quantitative estimate of drug-likeness (QED) is 0.519. The average molecular weight is 497 g/mol. The van der Waals surface area contributed by atoms with Crippen molar-refractivity contribution < 1.29 is 23.2 Å². The first-order valence-corrected chi connectivity index (χ1v) is 12.2. The zero-order chi connectivity index (χ0) is 26.0. The van der Waals surface area contributed by atoms with Gasteiger partial charge in [0.2, 0.25) is 0 Å². The Morgan fingerprint density at radius 2 is 1.92 bits per heavy atom. The van der Waals surface area contributed by atoms with E-state index in [2.05, 4.69) is 29.2 Å². The van der Waals surface area contributed by atoms with Gasteiger partial charge in [-0.15, -0.1) is 0 Å². The molecule has 5 rings (SSSR count). The van der Waals surface area contributed by atoms with Crippen LogP contribution in [0.5, 0.6) is 0 Å². The van der Waals surface area contributed by atoms with Crippen LogP contribution in [0.3, 0.4) is 0 Å². The lowest BCUT2D eigenvalue weighted by Gasteiger charge is -2.41. The molecule has 1 amide bonds. The van der Waals surface area contributed by atoms with Crippen molar-refractivity contribution >= 4 is 5.91 Å². The number of nitrogens with zero attached hydrogens (tertiary/aromatic N) is 4. The Hall–Kier alpha value is -3.20. The van der Waals surface area contributed by atoms with Crippen LogP contribution in [0.15, 0.2) is 34.9 Å². The molecule has 36 heavy (non-hydrogen) atoms. The molecule has 2 heterocycles. The van der Waals surface area contributed by atoms with E-state index in [1.807, 2.05) is 6.92 Å². The maximum Gasteiger partial charge on any atom is 0.276 e. The summed E-state index contributed by atoms with van der Waals surface area (Å²) in [4.78, 5) is 15.1. The van der Waals surface area contributed by atoms with Crippen LogP contribution in [0.4, 0.5) is 8.78 Å². The van der Waals surface area contributed by atoms with Crippen molar-refractivity contribution in [1.82, 2.24) is 20.3 Å². The number of aromatic nitrogens is 3. The minimum atomic E-state index is -1.25. The van der Waals surface area contributed by atoms with Crippen LogP contribution in [0, 0.1) is 17.0 Å². The maximum atomic E-state index is 14.5. The van der Waals surface area contributed by atoms with Gasteiger partial charge in [0.1, 0.15) is 17.2 Å². The first-order chi connectivity index (χ1) is 16.9. The van der Waals surface area contributed by atoms with E-state index >= 15 is 0 Å². The van der Waals surface area contributed by atoms with Gasteiger partial charge < -0.3 is 14.5 Å². The first kappa shape index (κ1) is 24.5. The third-order valence-electron chi connectivity index (χ3n) is 8.30. The highest BCUT2D eigenvalue weighted by Crippen LogP contribution is 2.67. The molecule has 9 heteroatoms. The summed E-state index contributed by atoms with van der Waals surface area (Å²) >= 11 is 0. The Balaban J connectivity index is 1.52. The van der Waals surface area contributed by atoms with Crippen LogP contribution in [0.2, 0.25) is 0 Å². The van der Waals surface area contributed by atoms with E-state index in [0.29, 0.717) is 13.1 Å². The molecular formula is C27H30F2N4O3. The van der Waals surface area contributed by atoms with Gasteiger partial charge in [-0.05, 0) is 68.7 Å². The van der Waals surface area contributed by atoms with Crippen LogP contribution in [-0.4, -0.2) is 44.4 Å². The highest BCUT2D eigenvalue weighted by molar-refractivity contribution is 5.92. The summed E-state index contributed by atoms with van der Waals surface area (Å²) < 4.78 is 34.1. The number of likely N-dealkylation sites (N-methyl/N-ethyl adjacent to an activating group) is 1. The number of carbonyl (C=O) groups excluding carboxylic acids is 1. The molecule has 0 unspecified atom stereocenters. The van der Waals surface area contributed by atoms with Crippen molar-refractivity contribution in [2.45, 2.75) is 64.4 Å². The SMILES string of the molecule is CCN(C[C@@]12CC[C@@H](c3cc(-c4c(F)cccc4F)nnc31)C2(C)C)C(=O)c1cc(C(C)(C)O)on1. The highest BCUT2D eigenvalue weighted by atomic mass is 19.1. The molecular weight excluding hydrogens is 466 g/mol. The van der Waals surface area contributed by atoms with Crippen LogP contribution in [-0.2, 0) is 11.0 Å². The number of benzene rings is 1. The minimum Gasteiger partial charge on any atom is -0.382 e. The Morgan fingerprint density at radius 1 is 1.22 bits per heavy atom. The lowest BCUT2D eigenvalue weighted by atomic mass is 9.68. The topological polar surface area (TPSA) is 92.4 Å². The molecule has 1 N–H and O–H groups in total. The van der Waals surface area contributed by atoms with Gasteiger partial charge >= 0.3 is 0 Å². The van der Waals surface area contributed by atoms with E-state index in [0.717, 1.165) is 24.1 Å². The van der Waals surface area contributed by atoms with Gasteiger partial charge in [-0.1, -0.05) is 25.1 Å². The molecule has 1 saturated carbocycles. The third-order valence-corrected chi connectivity index (χ3v) is 8.30. The number of fused-ring (bicyclic) bond motifs is 5. The minimum absolute atomic E-state index is 0.124. The second-order valence-electron chi connectivity index (χ2n) is 11.0. The summed E-state index contributed by atoms with van der Waals surface area (Å²) in [6.45, 7) is 10.2. The molecule has 1 fully saturated rings. The fourth-order valence-corrected chi connectivity index (χ4v) is 6.12. The summed E-state index contributed by atoms with van der Waals surface area (Å²) in [6, 6.07) is 6.99. The fourth-order valence-electron chi connectivity index (χ4n) is 6.12. The molecule has 0 spiro atoms. The van der Waals surface area contributed by atoms with Crippen LogP contribution >= 0.6 is 0 Å². The fraction of sp³-hybridized carbons (Fsp3) is 0.481. The first-order valence-electron chi connectivity index (χ1n) is 12.2. The zero-order valence-electron chi connectivity index (χ0n) is 21.1. The molecule has 190 valence electrons. The monoisotopic (exact) mass is 496 g/mol. The Labute approximate surface area is 208 Å². The maximum absolute atomic E-state index is 14.5. The molecule has 0 aliphatic heterocycles. The molecule has 3 aromatic rings. The molecule has 2 aliphatic rings. The largest absolute Gasteiger partial charge is 0.382 e. The van der Waals surface area contributed by atoms with E-state index in [9.17, 15) is 18.7 Å². The molecule has 0 saturated heterocycles. The van der Waals surface area contributed by atoms with Gasteiger partial charge in [0, 0.05) is 24.6 Å². The number of amides is 1. The zero-order valence-corrected chi connectivity index (χ0v) is 21.1. The summed E-state index contributed by atoms with van der Waals surface area (Å²) in [6.07, 6.45) is 1.70. The molecule has 1 aromatic carbocycles. The van der Waals surface area contributed by atoms with E-state index < -0.39 is 22.7 Å². The van der Waals surface area contributed by atoms with Gasteiger partial charge in [0.05, 0.1) is 17.0 Å². The van der Waals surface area contributed by atoms with Gasteiger partial charge in [0.25, 0.3) is 5.91 Å². The molecule has 2 bridgehead atoms. The average Bonchev–Trinajstić information content (AvgIpc) is 3.45. The second kappa shape index (κ2) is 8.16. The molecule has 0 radical (unpaired) electrons. The Kier molecular flexibility index (Phi) is 5.55. The van der Waals surface area contributed by atoms with Gasteiger partial charge in [0.15, 0.2) is 11.5 Å². The molecule has 2 aromatic heterocycles. The summed E-state index contributed by atoms with van der Waals surface area (Å²) in [7, 11) is 0. The third kappa shape index (κ3) is 3.47. The molecule has 2 atom stereocenters. The number of hydrogen-bond donors (Lipinski definition) is 1. The Morgan fingerprint density at radius 3 is 2.53 bits per heavy atom. The van der Waals surface area contributed by atoms with Crippen molar-refractivity contribution in [3.8, 4) is 11.3 Å². The number of hydrogen-bond acceptors (Lipinski definition) is 6. The van der Waals surface area contributed by atoms with E-state index in [1.165, 1.54) is 24.3 Å². The number of halogens is 2. The summed E-state index contributed by atoms with van der Waals surface area (Å²) in [5.41, 5.74) is -0.132. The standard InChI is InChI=1S/C27H30F2N4O3/c1-6-33(24(34)20-13-21(36-32-20)26(4,5)35)14-27-11-10-16(25(27,2)3)15-12-19(30-31-23(15)27)22-17(28)8-7-9-18(22)29/h7-9,12-13,16,35H,6,10-11,14H2,1-5H3/t16-,27-/m0/s1. The van der Waals surface area contributed by atoms with E-state index in [1.54, 1.807) is 24.8 Å². The van der Waals surface area contributed by atoms with Gasteiger partial charge in [-0.25, -0.2) is 8.78 Å².